The molecule has 0 saturated heterocycles. The number of amides is 1. The standard InChI is InChI=1S/C20H22N2O3/c1-2-25-16-9-8-15-12-19(21-18(15)13-16)20(24)22-17(10-11-23)14-6-4-3-5-7-14/h3-9,12-13,17,21,23H,2,10-11H2,1H3,(H,22,24). The van der Waals surface area contributed by atoms with E-state index in [1.165, 1.54) is 0 Å². The van der Waals surface area contributed by atoms with Crippen molar-refractivity contribution >= 4 is 16.8 Å². The molecule has 0 saturated carbocycles. The van der Waals surface area contributed by atoms with Crippen LogP contribution in [-0.4, -0.2) is 29.2 Å². The average Bonchev–Trinajstić information content (AvgIpc) is 3.06. The molecule has 5 nitrogen and oxygen atoms in total. The third kappa shape index (κ3) is 4.00. The Morgan fingerprint density at radius 2 is 2.00 bits per heavy atom. The SMILES string of the molecule is CCOc1ccc2cc(C(=O)NC(CCO)c3ccccc3)[nH]c2c1. The normalized spacial score (nSPS) is 12.1. The van der Waals surface area contributed by atoms with Crippen LogP contribution in [0.4, 0.5) is 0 Å². The molecule has 0 aliphatic carbocycles. The van der Waals surface area contributed by atoms with Crippen LogP contribution < -0.4 is 10.1 Å². The Balaban J connectivity index is 1.80. The highest BCUT2D eigenvalue weighted by atomic mass is 16.5. The van der Waals surface area contributed by atoms with Crippen molar-refractivity contribution in [3.8, 4) is 5.75 Å². The van der Waals surface area contributed by atoms with Crippen LogP contribution in [0.2, 0.25) is 0 Å². The molecule has 3 aromatic rings. The minimum absolute atomic E-state index is 0.00423. The van der Waals surface area contributed by atoms with Crippen molar-refractivity contribution in [3.63, 3.8) is 0 Å². The van der Waals surface area contributed by atoms with Gasteiger partial charge in [-0.2, -0.15) is 0 Å². The highest BCUT2D eigenvalue weighted by molar-refractivity contribution is 5.98. The number of nitrogens with one attached hydrogen (secondary N) is 2. The van der Waals surface area contributed by atoms with Crippen molar-refractivity contribution in [2.75, 3.05) is 13.2 Å². The first-order valence-electron chi connectivity index (χ1n) is 8.43. The number of hydrogen-bond acceptors (Lipinski definition) is 3. The van der Waals surface area contributed by atoms with Gasteiger partial charge in [-0.05, 0) is 37.1 Å². The maximum Gasteiger partial charge on any atom is 0.268 e. The molecule has 1 aromatic heterocycles. The third-order valence-electron chi connectivity index (χ3n) is 4.07. The summed E-state index contributed by atoms with van der Waals surface area (Å²) < 4.78 is 5.49. The molecule has 0 radical (unpaired) electrons. The van der Waals surface area contributed by atoms with Gasteiger partial charge in [0.2, 0.25) is 0 Å². The van der Waals surface area contributed by atoms with Gasteiger partial charge in [0.1, 0.15) is 11.4 Å². The molecule has 5 heteroatoms. The Kier molecular flexibility index (Phi) is 5.36. The number of aromatic nitrogens is 1. The monoisotopic (exact) mass is 338 g/mol. The quantitative estimate of drug-likeness (QED) is 0.618. The Morgan fingerprint density at radius 3 is 2.72 bits per heavy atom. The first kappa shape index (κ1) is 17.0. The molecule has 25 heavy (non-hydrogen) atoms. The number of aromatic amines is 1. The Labute approximate surface area is 146 Å². The van der Waals surface area contributed by atoms with E-state index in [-0.39, 0.29) is 18.6 Å². The first-order valence-corrected chi connectivity index (χ1v) is 8.43. The van der Waals surface area contributed by atoms with Gasteiger partial charge in [0, 0.05) is 23.6 Å². The molecule has 2 aromatic carbocycles. The summed E-state index contributed by atoms with van der Waals surface area (Å²) in [6, 6.07) is 16.9. The van der Waals surface area contributed by atoms with Gasteiger partial charge < -0.3 is 20.1 Å². The van der Waals surface area contributed by atoms with Crippen LogP contribution >= 0.6 is 0 Å². The van der Waals surface area contributed by atoms with Gasteiger partial charge in [-0.3, -0.25) is 4.79 Å². The molecule has 1 amide bonds. The Morgan fingerprint density at radius 1 is 1.20 bits per heavy atom. The summed E-state index contributed by atoms with van der Waals surface area (Å²) in [6.45, 7) is 2.53. The second-order valence-corrected chi connectivity index (χ2v) is 5.81. The highest BCUT2D eigenvalue weighted by Crippen LogP contribution is 2.22. The van der Waals surface area contributed by atoms with Gasteiger partial charge >= 0.3 is 0 Å². The summed E-state index contributed by atoms with van der Waals surface area (Å²) in [6.07, 6.45) is 0.463. The zero-order chi connectivity index (χ0) is 17.6. The van der Waals surface area contributed by atoms with Gasteiger partial charge in [-0.15, -0.1) is 0 Å². The second kappa shape index (κ2) is 7.85. The second-order valence-electron chi connectivity index (χ2n) is 5.81. The van der Waals surface area contributed by atoms with E-state index in [2.05, 4.69) is 10.3 Å². The number of hydrogen-bond donors (Lipinski definition) is 3. The van der Waals surface area contributed by atoms with Crippen LogP contribution in [0.3, 0.4) is 0 Å². The third-order valence-corrected chi connectivity index (χ3v) is 4.07. The first-order chi connectivity index (χ1) is 12.2. The van der Waals surface area contributed by atoms with E-state index < -0.39 is 0 Å². The predicted molar refractivity (Wildman–Crippen MR) is 97.8 cm³/mol. The van der Waals surface area contributed by atoms with E-state index in [4.69, 9.17) is 4.74 Å². The van der Waals surface area contributed by atoms with Gasteiger partial charge in [-0.25, -0.2) is 0 Å². The number of carbonyl (C=O) groups excluding carboxylic acids is 1. The van der Waals surface area contributed by atoms with Crippen molar-refractivity contribution in [1.29, 1.82) is 0 Å². The molecule has 1 unspecified atom stereocenters. The maximum atomic E-state index is 12.6. The van der Waals surface area contributed by atoms with Crippen molar-refractivity contribution in [1.82, 2.24) is 10.3 Å². The summed E-state index contributed by atoms with van der Waals surface area (Å²) >= 11 is 0. The van der Waals surface area contributed by atoms with Gasteiger partial charge in [0.25, 0.3) is 5.91 Å². The zero-order valence-electron chi connectivity index (χ0n) is 14.2. The fourth-order valence-electron chi connectivity index (χ4n) is 2.86. The molecular formula is C20H22N2O3. The van der Waals surface area contributed by atoms with E-state index in [1.807, 2.05) is 61.5 Å². The van der Waals surface area contributed by atoms with E-state index in [0.717, 1.165) is 22.2 Å². The molecule has 3 N–H and O–H groups in total. The molecule has 130 valence electrons. The van der Waals surface area contributed by atoms with Gasteiger partial charge in [-0.1, -0.05) is 30.3 Å². The molecule has 1 atom stereocenters. The topological polar surface area (TPSA) is 74.3 Å². The number of aliphatic hydroxyl groups excluding tert-OH is 1. The molecule has 3 rings (SSSR count). The van der Waals surface area contributed by atoms with Gasteiger partial charge in [0.15, 0.2) is 0 Å². The van der Waals surface area contributed by atoms with Crippen molar-refractivity contribution < 1.29 is 14.6 Å². The van der Waals surface area contributed by atoms with E-state index >= 15 is 0 Å². The van der Waals surface area contributed by atoms with E-state index in [1.54, 1.807) is 0 Å². The number of rotatable bonds is 7. The van der Waals surface area contributed by atoms with Crippen LogP contribution in [0, 0.1) is 0 Å². The summed E-state index contributed by atoms with van der Waals surface area (Å²) in [4.78, 5) is 15.8. The minimum atomic E-state index is -0.232. The Hall–Kier alpha value is -2.79. The maximum absolute atomic E-state index is 12.6. The summed E-state index contributed by atoms with van der Waals surface area (Å²) in [5.41, 5.74) is 2.32. The number of aliphatic hydroxyl groups is 1. The van der Waals surface area contributed by atoms with E-state index in [0.29, 0.717) is 18.7 Å². The molecule has 0 spiro atoms. The zero-order valence-corrected chi connectivity index (χ0v) is 14.2. The van der Waals surface area contributed by atoms with Crippen LogP contribution in [0.1, 0.15) is 35.4 Å². The largest absolute Gasteiger partial charge is 0.494 e. The number of fused-ring (bicyclic) bond motifs is 1. The lowest BCUT2D eigenvalue weighted by molar-refractivity contribution is 0.0925. The summed E-state index contributed by atoms with van der Waals surface area (Å²) in [5, 5.41) is 13.2. The summed E-state index contributed by atoms with van der Waals surface area (Å²) in [5.74, 6) is 0.572. The molecular weight excluding hydrogens is 316 g/mol. The lowest BCUT2D eigenvalue weighted by atomic mass is 10.0. The van der Waals surface area contributed by atoms with Crippen LogP contribution in [0.5, 0.6) is 5.75 Å². The number of benzene rings is 2. The average molecular weight is 338 g/mol. The fraction of sp³-hybridized carbons (Fsp3) is 0.250. The molecule has 0 aliphatic heterocycles. The molecule has 0 aliphatic rings. The van der Waals surface area contributed by atoms with E-state index in [9.17, 15) is 9.90 Å². The van der Waals surface area contributed by atoms with Crippen molar-refractivity contribution in [2.24, 2.45) is 0 Å². The van der Waals surface area contributed by atoms with Crippen LogP contribution in [0.25, 0.3) is 10.9 Å². The highest BCUT2D eigenvalue weighted by Gasteiger charge is 2.17. The molecule has 0 bridgehead atoms. The number of H-pyrrole nitrogens is 1. The minimum Gasteiger partial charge on any atom is -0.494 e. The van der Waals surface area contributed by atoms with Crippen molar-refractivity contribution in [2.45, 2.75) is 19.4 Å². The Bertz CT molecular complexity index is 843. The smallest absolute Gasteiger partial charge is 0.268 e. The lowest BCUT2D eigenvalue weighted by Gasteiger charge is -2.17. The lowest BCUT2D eigenvalue weighted by Crippen LogP contribution is -2.29. The fourth-order valence-corrected chi connectivity index (χ4v) is 2.86. The molecule has 1 heterocycles. The number of carbonyl (C=O) groups is 1. The van der Waals surface area contributed by atoms with Crippen LogP contribution in [-0.2, 0) is 0 Å². The van der Waals surface area contributed by atoms with Crippen molar-refractivity contribution in [3.05, 3.63) is 65.9 Å². The van der Waals surface area contributed by atoms with Crippen LogP contribution in [0.15, 0.2) is 54.6 Å². The van der Waals surface area contributed by atoms with Gasteiger partial charge in [0.05, 0.1) is 12.6 Å². The predicted octanol–water partition coefficient (Wildman–Crippen LogP) is 3.42. The summed E-state index contributed by atoms with van der Waals surface area (Å²) in [7, 11) is 0. The number of ether oxygens (including phenoxy) is 1. The molecule has 0 fully saturated rings.